The minimum absolute atomic E-state index is 0.168. The zero-order valence-electron chi connectivity index (χ0n) is 21.7. The van der Waals surface area contributed by atoms with E-state index in [9.17, 15) is 19.5 Å². The zero-order chi connectivity index (χ0) is 27.9. The summed E-state index contributed by atoms with van der Waals surface area (Å²) in [5.74, 6) is -0.527. The number of fused-ring (bicyclic) bond motifs is 1. The van der Waals surface area contributed by atoms with Gasteiger partial charge in [-0.1, -0.05) is 35.3 Å². The third kappa shape index (κ3) is 5.14. The van der Waals surface area contributed by atoms with Crippen LogP contribution >= 0.6 is 23.2 Å². The molecular formula is C28H29Cl2N5O4. The van der Waals surface area contributed by atoms with Gasteiger partial charge in [-0.3, -0.25) is 23.3 Å². The molecule has 1 saturated heterocycles. The molecule has 0 radical (unpaired) electrons. The number of aliphatic carboxylic acids is 1. The van der Waals surface area contributed by atoms with Gasteiger partial charge in [0, 0.05) is 29.4 Å². The Bertz CT molecular complexity index is 1660. The fourth-order valence-electron chi connectivity index (χ4n) is 4.99. The van der Waals surface area contributed by atoms with Crippen LogP contribution in [-0.2, 0) is 17.9 Å². The molecule has 0 atom stereocenters. The summed E-state index contributed by atoms with van der Waals surface area (Å²) in [6.07, 6.45) is 1.73. The summed E-state index contributed by atoms with van der Waals surface area (Å²) in [6, 6.07) is 14.1. The van der Waals surface area contributed by atoms with Crippen molar-refractivity contribution < 1.29 is 9.90 Å². The number of piperidine rings is 1. The summed E-state index contributed by atoms with van der Waals surface area (Å²) in [7, 11) is 0. The summed E-state index contributed by atoms with van der Waals surface area (Å²) < 4.78 is 4.23. The quantitative estimate of drug-likeness (QED) is 0.340. The Kier molecular flexibility index (Phi) is 7.41. The molecule has 1 aliphatic heterocycles. The lowest BCUT2D eigenvalue weighted by molar-refractivity contribution is -0.147. The second kappa shape index (κ2) is 10.6. The van der Waals surface area contributed by atoms with E-state index in [1.165, 1.54) is 18.4 Å². The van der Waals surface area contributed by atoms with Crippen LogP contribution in [0, 0.1) is 11.3 Å². The normalized spacial score (nSPS) is 14.7. The highest BCUT2D eigenvalue weighted by atomic mass is 35.5. The van der Waals surface area contributed by atoms with Crippen LogP contribution in [0.4, 0.5) is 0 Å². The summed E-state index contributed by atoms with van der Waals surface area (Å²) in [6.45, 7) is 4.71. The summed E-state index contributed by atoms with van der Waals surface area (Å²) in [4.78, 5) is 44.9. The molecule has 5 rings (SSSR count). The highest BCUT2D eigenvalue weighted by molar-refractivity contribution is 6.33. The van der Waals surface area contributed by atoms with Crippen LogP contribution in [0.2, 0.25) is 10.0 Å². The molecule has 204 valence electrons. The number of benzene rings is 2. The van der Waals surface area contributed by atoms with Gasteiger partial charge in [0.05, 0.1) is 10.4 Å². The van der Waals surface area contributed by atoms with Crippen LogP contribution in [0.25, 0.3) is 28.2 Å². The maximum absolute atomic E-state index is 14.1. The van der Waals surface area contributed by atoms with E-state index in [2.05, 4.69) is 5.32 Å². The Hall–Kier alpha value is -3.40. The molecule has 2 aromatic heterocycles. The molecule has 0 saturated carbocycles. The van der Waals surface area contributed by atoms with E-state index in [-0.39, 0.29) is 23.6 Å². The van der Waals surface area contributed by atoms with E-state index in [4.69, 9.17) is 28.2 Å². The lowest BCUT2D eigenvalue weighted by atomic mass is 9.94. The van der Waals surface area contributed by atoms with Crippen LogP contribution in [0.1, 0.15) is 26.7 Å². The van der Waals surface area contributed by atoms with Crippen LogP contribution in [0.5, 0.6) is 0 Å². The summed E-state index contributed by atoms with van der Waals surface area (Å²) in [5.41, 5.74) is -0.967. The number of imidazole rings is 1. The van der Waals surface area contributed by atoms with Crippen molar-refractivity contribution in [2.45, 2.75) is 39.8 Å². The topological polar surface area (TPSA) is 111 Å². The van der Waals surface area contributed by atoms with Gasteiger partial charge in [0.2, 0.25) is 0 Å². The number of hydrogen-bond acceptors (Lipinski definition) is 5. The SMILES string of the molecule is CC(C)(Cn1c(=O)c2c(nc(-c3ccccc3Cl)n2-c2ccc(Cl)cc2)n(CC2CCNCC2)c1=O)C(=O)O. The minimum atomic E-state index is -1.36. The van der Waals surface area contributed by atoms with Crippen molar-refractivity contribution in [1.29, 1.82) is 0 Å². The van der Waals surface area contributed by atoms with Crippen molar-refractivity contribution in [3.8, 4) is 17.1 Å². The van der Waals surface area contributed by atoms with Crippen LogP contribution < -0.4 is 16.6 Å². The second-order valence-electron chi connectivity index (χ2n) is 10.6. The van der Waals surface area contributed by atoms with E-state index in [0.29, 0.717) is 33.7 Å². The van der Waals surface area contributed by atoms with E-state index >= 15 is 0 Å². The smallest absolute Gasteiger partial charge is 0.332 e. The fourth-order valence-corrected chi connectivity index (χ4v) is 5.34. The first-order chi connectivity index (χ1) is 18.6. The predicted molar refractivity (Wildman–Crippen MR) is 152 cm³/mol. The Morgan fingerprint density at radius 2 is 1.72 bits per heavy atom. The van der Waals surface area contributed by atoms with E-state index in [1.54, 1.807) is 47.0 Å². The molecule has 1 fully saturated rings. The van der Waals surface area contributed by atoms with Crippen molar-refractivity contribution in [3.05, 3.63) is 79.4 Å². The Morgan fingerprint density at radius 1 is 1.05 bits per heavy atom. The molecule has 2 aromatic carbocycles. The largest absolute Gasteiger partial charge is 0.481 e. The van der Waals surface area contributed by atoms with Gasteiger partial charge >= 0.3 is 11.7 Å². The van der Waals surface area contributed by atoms with Crippen molar-refractivity contribution >= 4 is 40.3 Å². The summed E-state index contributed by atoms with van der Waals surface area (Å²) in [5, 5.41) is 14.1. The van der Waals surface area contributed by atoms with Gasteiger partial charge in [0.1, 0.15) is 5.82 Å². The average Bonchev–Trinajstić information content (AvgIpc) is 3.30. The number of carbonyl (C=O) groups is 1. The lowest BCUT2D eigenvalue weighted by Crippen LogP contribution is -2.46. The Labute approximate surface area is 234 Å². The maximum Gasteiger partial charge on any atom is 0.332 e. The number of carboxylic acid groups (broad SMARTS) is 1. The molecule has 39 heavy (non-hydrogen) atoms. The maximum atomic E-state index is 14.1. The molecule has 1 aliphatic rings. The first kappa shape index (κ1) is 27.2. The number of hydrogen-bond donors (Lipinski definition) is 2. The fraction of sp³-hybridized carbons (Fsp3) is 0.357. The van der Waals surface area contributed by atoms with Gasteiger partial charge < -0.3 is 10.4 Å². The average molecular weight is 570 g/mol. The summed E-state index contributed by atoms with van der Waals surface area (Å²) >= 11 is 12.8. The number of carboxylic acids is 1. The first-order valence-electron chi connectivity index (χ1n) is 12.8. The monoisotopic (exact) mass is 569 g/mol. The van der Waals surface area contributed by atoms with E-state index in [0.717, 1.165) is 30.5 Å². The number of aromatic nitrogens is 4. The standard InChI is InChI=1S/C28H29Cl2N5O4/c1-28(2,26(37)38)16-34-25(36)22-24(33(27(34)39)15-17-11-13-31-14-12-17)32-23(20-5-3-4-6-21(20)30)35(22)19-9-7-18(29)8-10-19/h3-10,17,31H,11-16H2,1-2H3,(H,37,38). The number of nitrogens with zero attached hydrogens (tertiary/aromatic N) is 4. The lowest BCUT2D eigenvalue weighted by Gasteiger charge is -2.25. The minimum Gasteiger partial charge on any atom is -0.481 e. The highest BCUT2D eigenvalue weighted by Crippen LogP contribution is 2.32. The third-order valence-corrected chi connectivity index (χ3v) is 7.84. The van der Waals surface area contributed by atoms with Crippen molar-refractivity contribution in [2.24, 2.45) is 11.3 Å². The molecular weight excluding hydrogens is 541 g/mol. The number of halogens is 2. The predicted octanol–water partition coefficient (Wildman–Crippen LogP) is 4.43. The number of rotatable bonds is 7. The van der Waals surface area contributed by atoms with Crippen molar-refractivity contribution in [3.63, 3.8) is 0 Å². The van der Waals surface area contributed by atoms with Gasteiger partial charge in [-0.05, 0) is 82.1 Å². The van der Waals surface area contributed by atoms with Crippen LogP contribution in [-0.4, -0.2) is 42.9 Å². The zero-order valence-corrected chi connectivity index (χ0v) is 23.2. The van der Waals surface area contributed by atoms with Crippen LogP contribution in [0.15, 0.2) is 58.1 Å². The van der Waals surface area contributed by atoms with Gasteiger partial charge in [-0.15, -0.1) is 0 Å². The van der Waals surface area contributed by atoms with Crippen LogP contribution in [0.3, 0.4) is 0 Å². The molecule has 11 heteroatoms. The molecule has 0 aliphatic carbocycles. The van der Waals surface area contributed by atoms with Crippen molar-refractivity contribution in [2.75, 3.05) is 13.1 Å². The molecule has 0 unspecified atom stereocenters. The van der Waals surface area contributed by atoms with Gasteiger partial charge in [-0.2, -0.15) is 0 Å². The van der Waals surface area contributed by atoms with E-state index < -0.39 is 22.6 Å². The van der Waals surface area contributed by atoms with Gasteiger partial charge in [0.25, 0.3) is 5.56 Å². The Balaban J connectivity index is 1.88. The molecule has 0 bridgehead atoms. The first-order valence-corrected chi connectivity index (χ1v) is 13.5. The molecule has 3 heterocycles. The number of nitrogens with one attached hydrogen (secondary N) is 1. The molecule has 0 spiro atoms. The van der Waals surface area contributed by atoms with Gasteiger partial charge in [0.15, 0.2) is 11.2 Å². The third-order valence-electron chi connectivity index (χ3n) is 7.26. The molecule has 9 nitrogen and oxygen atoms in total. The molecule has 2 N–H and O–H groups in total. The second-order valence-corrected chi connectivity index (χ2v) is 11.4. The van der Waals surface area contributed by atoms with Crippen molar-refractivity contribution in [1.82, 2.24) is 24.0 Å². The molecule has 4 aromatic rings. The Morgan fingerprint density at radius 3 is 2.36 bits per heavy atom. The van der Waals surface area contributed by atoms with Gasteiger partial charge in [-0.25, -0.2) is 9.78 Å². The highest BCUT2D eigenvalue weighted by Gasteiger charge is 2.32. The molecule has 0 amide bonds. The van der Waals surface area contributed by atoms with E-state index in [1.807, 2.05) is 6.07 Å².